The van der Waals surface area contributed by atoms with Gasteiger partial charge in [0, 0.05) is 19.1 Å². The lowest BCUT2D eigenvalue weighted by Crippen LogP contribution is -2.45. The summed E-state index contributed by atoms with van der Waals surface area (Å²) in [6.45, 7) is 5.34. The van der Waals surface area contributed by atoms with Crippen LogP contribution in [0.5, 0.6) is 0 Å². The van der Waals surface area contributed by atoms with E-state index in [-0.39, 0.29) is 24.7 Å². The van der Waals surface area contributed by atoms with Gasteiger partial charge in [0.15, 0.2) is 0 Å². The van der Waals surface area contributed by atoms with Crippen molar-refractivity contribution in [1.82, 2.24) is 9.62 Å². The molecule has 1 rings (SSSR count). The highest BCUT2D eigenvalue weighted by Crippen LogP contribution is 2.11. The standard InChI is InChI=1S/C11H22N2O4S/c1-9(2)17-11(14)8-13-6-4-10(5-7-13)12-18(3,15)16/h9-10,12H,4-8H2,1-3H3. The zero-order chi connectivity index (χ0) is 13.8. The summed E-state index contributed by atoms with van der Waals surface area (Å²) in [5, 5.41) is 0. The number of esters is 1. The Morgan fingerprint density at radius 1 is 1.39 bits per heavy atom. The minimum absolute atomic E-state index is 0.0163. The highest BCUT2D eigenvalue weighted by Gasteiger charge is 2.23. The molecule has 0 radical (unpaired) electrons. The molecule has 1 heterocycles. The summed E-state index contributed by atoms with van der Waals surface area (Å²) in [6, 6.07) is -0.0163. The SMILES string of the molecule is CC(C)OC(=O)CN1CCC(NS(C)(=O)=O)CC1. The number of sulfonamides is 1. The zero-order valence-electron chi connectivity index (χ0n) is 11.2. The summed E-state index contributed by atoms with van der Waals surface area (Å²) in [5.74, 6) is -0.223. The Hall–Kier alpha value is -0.660. The number of hydrogen-bond acceptors (Lipinski definition) is 5. The first kappa shape index (κ1) is 15.4. The number of nitrogens with one attached hydrogen (secondary N) is 1. The number of nitrogens with zero attached hydrogens (tertiary/aromatic N) is 1. The number of piperidine rings is 1. The van der Waals surface area contributed by atoms with Crippen LogP contribution in [0.1, 0.15) is 26.7 Å². The summed E-state index contributed by atoms with van der Waals surface area (Å²) in [7, 11) is -3.14. The number of hydrogen-bond donors (Lipinski definition) is 1. The van der Waals surface area contributed by atoms with E-state index in [2.05, 4.69) is 4.72 Å². The predicted molar refractivity (Wildman–Crippen MR) is 68.7 cm³/mol. The van der Waals surface area contributed by atoms with Gasteiger partial charge in [0.2, 0.25) is 10.0 Å². The predicted octanol–water partition coefficient (Wildman–Crippen LogP) is -0.0484. The first-order chi connectivity index (χ1) is 8.26. The van der Waals surface area contributed by atoms with Crippen LogP contribution in [0.4, 0.5) is 0 Å². The molecule has 0 amide bonds. The number of carbonyl (C=O) groups is 1. The lowest BCUT2D eigenvalue weighted by atomic mass is 10.1. The lowest BCUT2D eigenvalue weighted by molar-refractivity contribution is -0.149. The van der Waals surface area contributed by atoms with Gasteiger partial charge >= 0.3 is 5.97 Å². The molecule has 0 atom stereocenters. The van der Waals surface area contributed by atoms with Crippen LogP contribution in [0.2, 0.25) is 0 Å². The van der Waals surface area contributed by atoms with Crippen LogP contribution in [-0.4, -0.2) is 57.3 Å². The van der Waals surface area contributed by atoms with E-state index in [1.54, 1.807) is 0 Å². The monoisotopic (exact) mass is 278 g/mol. The molecule has 0 aromatic carbocycles. The molecule has 0 unspecified atom stereocenters. The van der Waals surface area contributed by atoms with Crippen molar-refractivity contribution in [3.63, 3.8) is 0 Å². The topological polar surface area (TPSA) is 75.7 Å². The molecule has 1 aliphatic rings. The van der Waals surface area contributed by atoms with Crippen molar-refractivity contribution in [2.45, 2.75) is 38.8 Å². The molecule has 1 fully saturated rings. The molecular weight excluding hydrogens is 256 g/mol. The van der Waals surface area contributed by atoms with Crippen LogP contribution in [0.25, 0.3) is 0 Å². The second kappa shape index (κ2) is 6.49. The van der Waals surface area contributed by atoms with Gasteiger partial charge in [0.05, 0.1) is 18.9 Å². The maximum absolute atomic E-state index is 11.5. The molecule has 1 aliphatic heterocycles. The molecule has 0 saturated carbocycles. The van der Waals surface area contributed by atoms with Gasteiger partial charge in [-0.05, 0) is 26.7 Å². The summed E-state index contributed by atoms with van der Waals surface area (Å²) < 4.78 is 29.8. The molecule has 106 valence electrons. The van der Waals surface area contributed by atoms with Gasteiger partial charge in [-0.2, -0.15) is 0 Å². The molecule has 1 N–H and O–H groups in total. The van der Waals surface area contributed by atoms with Crippen molar-refractivity contribution >= 4 is 16.0 Å². The maximum atomic E-state index is 11.5. The molecule has 0 aliphatic carbocycles. The van der Waals surface area contributed by atoms with Gasteiger partial charge < -0.3 is 4.74 Å². The van der Waals surface area contributed by atoms with Gasteiger partial charge in [-0.25, -0.2) is 13.1 Å². The van der Waals surface area contributed by atoms with Crippen molar-refractivity contribution in [1.29, 1.82) is 0 Å². The largest absolute Gasteiger partial charge is 0.462 e. The van der Waals surface area contributed by atoms with Gasteiger partial charge in [-0.3, -0.25) is 9.69 Å². The van der Waals surface area contributed by atoms with E-state index in [0.717, 1.165) is 12.8 Å². The minimum Gasteiger partial charge on any atom is -0.462 e. The van der Waals surface area contributed by atoms with E-state index < -0.39 is 10.0 Å². The van der Waals surface area contributed by atoms with E-state index in [4.69, 9.17) is 4.74 Å². The Balaban J connectivity index is 2.29. The van der Waals surface area contributed by atoms with Crippen LogP contribution in [-0.2, 0) is 19.6 Å². The van der Waals surface area contributed by atoms with E-state index >= 15 is 0 Å². The fourth-order valence-electron chi connectivity index (χ4n) is 1.99. The molecule has 0 aromatic heterocycles. The number of rotatable bonds is 5. The molecule has 0 bridgehead atoms. The average molecular weight is 278 g/mol. The summed E-state index contributed by atoms with van der Waals surface area (Å²) in [5.41, 5.74) is 0. The third-order valence-electron chi connectivity index (χ3n) is 2.69. The summed E-state index contributed by atoms with van der Waals surface area (Å²) in [4.78, 5) is 13.4. The highest BCUT2D eigenvalue weighted by atomic mass is 32.2. The molecule has 18 heavy (non-hydrogen) atoms. The average Bonchev–Trinajstić information content (AvgIpc) is 2.17. The smallest absolute Gasteiger partial charge is 0.320 e. The number of likely N-dealkylation sites (tertiary alicyclic amines) is 1. The first-order valence-corrected chi connectivity index (χ1v) is 8.04. The lowest BCUT2D eigenvalue weighted by Gasteiger charge is -2.31. The van der Waals surface area contributed by atoms with Gasteiger partial charge in [-0.15, -0.1) is 0 Å². The minimum atomic E-state index is -3.14. The quantitative estimate of drug-likeness (QED) is 0.714. The Morgan fingerprint density at radius 2 is 1.94 bits per heavy atom. The van der Waals surface area contributed by atoms with Crippen molar-refractivity contribution in [2.75, 3.05) is 25.9 Å². The highest BCUT2D eigenvalue weighted by molar-refractivity contribution is 7.88. The molecule has 7 heteroatoms. The van der Waals surface area contributed by atoms with Crippen molar-refractivity contribution in [3.05, 3.63) is 0 Å². The Bertz CT molecular complexity index is 373. The van der Waals surface area contributed by atoms with Crippen LogP contribution in [0, 0.1) is 0 Å². The molecule has 1 saturated heterocycles. The second-order valence-corrected chi connectivity index (χ2v) is 6.76. The van der Waals surface area contributed by atoms with E-state index in [0.29, 0.717) is 13.1 Å². The fourth-order valence-corrected chi connectivity index (χ4v) is 2.84. The zero-order valence-corrected chi connectivity index (χ0v) is 12.0. The second-order valence-electron chi connectivity index (χ2n) is 4.98. The van der Waals surface area contributed by atoms with Crippen LogP contribution in [0.3, 0.4) is 0 Å². The van der Waals surface area contributed by atoms with Crippen molar-refractivity contribution in [2.24, 2.45) is 0 Å². The molecule has 6 nitrogen and oxygen atoms in total. The Kier molecular flexibility index (Phi) is 5.55. The maximum Gasteiger partial charge on any atom is 0.320 e. The van der Waals surface area contributed by atoms with Crippen LogP contribution in [0.15, 0.2) is 0 Å². The van der Waals surface area contributed by atoms with Crippen molar-refractivity contribution in [3.8, 4) is 0 Å². The first-order valence-electron chi connectivity index (χ1n) is 6.15. The Labute approximate surface area is 109 Å². The fraction of sp³-hybridized carbons (Fsp3) is 0.909. The van der Waals surface area contributed by atoms with E-state index in [1.807, 2.05) is 18.7 Å². The van der Waals surface area contributed by atoms with Gasteiger partial charge in [0.25, 0.3) is 0 Å². The summed E-state index contributed by atoms with van der Waals surface area (Å²) >= 11 is 0. The van der Waals surface area contributed by atoms with Crippen LogP contribution >= 0.6 is 0 Å². The number of carbonyl (C=O) groups excluding carboxylic acids is 1. The van der Waals surface area contributed by atoms with Gasteiger partial charge in [-0.1, -0.05) is 0 Å². The normalized spacial score (nSPS) is 19.1. The third kappa shape index (κ3) is 6.32. The van der Waals surface area contributed by atoms with Crippen LogP contribution < -0.4 is 4.72 Å². The molecule has 0 spiro atoms. The van der Waals surface area contributed by atoms with Crippen molar-refractivity contribution < 1.29 is 17.9 Å². The summed E-state index contributed by atoms with van der Waals surface area (Å²) in [6.07, 6.45) is 2.52. The van der Waals surface area contributed by atoms with Gasteiger partial charge in [0.1, 0.15) is 0 Å². The Morgan fingerprint density at radius 3 is 2.39 bits per heavy atom. The number of ether oxygens (including phenoxy) is 1. The molecular formula is C11H22N2O4S. The molecule has 0 aromatic rings. The van der Waals surface area contributed by atoms with E-state index in [1.165, 1.54) is 6.26 Å². The van der Waals surface area contributed by atoms with E-state index in [9.17, 15) is 13.2 Å². The third-order valence-corrected chi connectivity index (χ3v) is 3.45.